The van der Waals surface area contributed by atoms with E-state index in [-0.39, 0.29) is 53.5 Å². The van der Waals surface area contributed by atoms with Crippen LogP contribution in [0.5, 0.6) is 5.75 Å². The molecule has 0 unspecified atom stereocenters. The van der Waals surface area contributed by atoms with Gasteiger partial charge in [-0.05, 0) is 6.07 Å². The molecule has 2 N–H and O–H groups in total. The molecule has 0 amide bonds. The second-order valence-electron chi connectivity index (χ2n) is 4.53. The van der Waals surface area contributed by atoms with Crippen LogP contribution in [0.15, 0.2) is 12.1 Å². The van der Waals surface area contributed by atoms with Gasteiger partial charge in [-0.2, -0.15) is 13.2 Å². The molecule has 1 fully saturated rings. The molecular formula is C12H15Cl4F3N2O. The van der Waals surface area contributed by atoms with Crippen molar-refractivity contribution < 1.29 is 18.3 Å². The SMILES string of the molecule is Cl.Cl.Oc1c([C@H](N2CCNCC2)C(F)(F)F)ccc(Cl)c1Cl. The van der Waals surface area contributed by atoms with Crippen LogP contribution in [0.25, 0.3) is 0 Å². The first-order valence-electron chi connectivity index (χ1n) is 6.00. The standard InChI is InChI=1S/C12H13Cl2F3N2O.2ClH/c13-8-2-1-7(10(20)9(8)14)11(12(15,16)17)19-5-3-18-4-6-19;;/h1-2,11,18,20H,3-6H2;2*1H/t11-;;/m0../s1. The van der Waals surface area contributed by atoms with Crippen LogP contribution in [-0.2, 0) is 0 Å². The summed E-state index contributed by atoms with van der Waals surface area (Å²) < 4.78 is 40.1. The smallest absolute Gasteiger partial charge is 0.408 e. The maximum Gasteiger partial charge on any atom is 0.408 e. The van der Waals surface area contributed by atoms with Crippen LogP contribution >= 0.6 is 48.0 Å². The predicted octanol–water partition coefficient (Wildman–Crippen LogP) is 4.05. The molecule has 1 aliphatic heterocycles. The van der Waals surface area contributed by atoms with Gasteiger partial charge in [-0.25, -0.2) is 0 Å². The van der Waals surface area contributed by atoms with Crippen LogP contribution in [-0.4, -0.2) is 42.4 Å². The lowest BCUT2D eigenvalue weighted by molar-refractivity contribution is -0.188. The van der Waals surface area contributed by atoms with Gasteiger partial charge in [0, 0.05) is 31.7 Å². The molecule has 0 spiro atoms. The molecule has 1 aromatic carbocycles. The van der Waals surface area contributed by atoms with Gasteiger partial charge in [0.1, 0.15) is 16.8 Å². The van der Waals surface area contributed by atoms with E-state index >= 15 is 0 Å². The zero-order chi connectivity index (χ0) is 14.9. The monoisotopic (exact) mass is 400 g/mol. The number of rotatable bonds is 2. The van der Waals surface area contributed by atoms with Crippen molar-refractivity contribution in [3.63, 3.8) is 0 Å². The molecule has 2 rings (SSSR count). The molecule has 10 heteroatoms. The van der Waals surface area contributed by atoms with Crippen molar-refractivity contribution in [1.82, 2.24) is 10.2 Å². The van der Waals surface area contributed by atoms with E-state index in [2.05, 4.69) is 5.32 Å². The second-order valence-corrected chi connectivity index (χ2v) is 5.31. The molecular weight excluding hydrogens is 387 g/mol. The molecule has 1 heterocycles. The highest BCUT2D eigenvalue weighted by Gasteiger charge is 2.46. The second kappa shape index (κ2) is 8.66. The summed E-state index contributed by atoms with van der Waals surface area (Å²) in [6, 6.07) is 0.545. The lowest BCUT2D eigenvalue weighted by atomic mass is 10.0. The molecule has 1 aromatic rings. The van der Waals surface area contributed by atoms with Crippen molar-refractivity contribution in [3.8, 4) is 5.75 Å². The zero-order valence-corrected chi connectivity index (χ0v) is 14.3. The first-order chi connectivity index (χ1) is 9.32. The number of alkyl halides is 3. The molecule has 1 saturated heterocycles. The van der Waals surface area contributed by atoms with Crippen molar-refractivity contribution in [2.24, 2.45) is 0 Å². The third-order valence-corrected chi connectivity index (χ3v) is 4.02. The number of benzene rings is 1. The van der Waals surface area contributed by atoms with Crippen LogP contribution in [0.2, 0.25) is 10.0 Å². The van der Waals surface area contributed by atoms with Gasteiger partial charge < -0.3 is 10.4 Å². The number of hydrogen-bond acceptors (Lipinski definition) is 3. The topological polar surface area (TPSA) is 35.5 Å². The van der Waals surface area contributed by atoms with Crippen LogP contribution in [0.3, 0.4) is 0 Å². The Hall–Kier alpha value is -0.110. The highest BCUT2D eigenvalue weighted by Crippen LogP contribution is 2.45. The summed E-state index contributed by atoms with van der Waals surface area (Å²) in [5.41, 5.74) is -0.270. The molecule has 0 aliphatic carbocycles. The normalized spacial score (nSPS) is 17.3. The minimum atomic E-state index is -4.51. The largest absolute Gasteiger partial charge is 0.506 e. The number of phenols is 1. The summed E-state index contributed by atoms with van der Waals surface area (Å²) in [4.78, 5) is 1.27. The van der Waals surface area contributed by atoms with Crippen molar-refractivity contribution in [1.29, 1.82) is 0 Å². The van der Waals surface area contributed by atoms with Gasteiger partial charge in [0.05, 0.1) is 5.02 Å². The van der Waals surface area contributed by atoms with Crippen LogP contribution < -0.4 is 5.32 Å². The molecule has 22 heavy (non-hydrogen) atoms. The van der Waals surface area contributed by atoms with Gasteiger partial charge in [-0.15, -0.1) is 24.8 Å². The molecule has 0 radical (unpaired) electrons. The third-order valence-electron chi connectivity index (χ3n) is 3.22. The maximum absolute atomic E-state index is 13.4. The number of hydrogen-bond donors (Lipinski definition) is 2. The Labute approximate surface area is 148 Å². The summed E-state index contributed by atoms with van der Waals surface area (Å²) in [6.07, 6.45) is -4.51. The fourth-order valence-corrected chi connectivity index (χ4v) is 2.62. The van der Waals surface area contributed by atoms with Gasteiger partial charge >= 0.3 is 6.18 Å². The first kappa shape index (κ1) is 21.9. The average Bonchev–Trinajstić information content (AvgIpc) is 2.39. The summed E-state index contributed by atoms with van der Waals surface area (Å²) in [7, 11) is 0. The maximum atomic E-state index is 13.4. The van der Waals surface area contributed by atoms with Crippen molar-refractivity contribution in [2.45, 2.75) is 12.2 Å². The van der Waals surface area contributed by atoms with Crippen LogP contribution in [0.4, 0.5) is 13.2 Å². The van der Waals surface area contributed by atoms with Crippen molar-refractivity contribution >= 4 is 48.0 Å². The summed E-state index contributed by atoms with van der Waals surface area (Å²) >= 11 is 11.4. The van der Waals surface area contributed by atoms with Crippen molar-refractivity contribution in [3.05, 3.63) is 27.7 Å². The summed E-state index contributed by atoms with van der Waals surface area (Å²) in [6.45, 7) is 1.41. The highest BCUT2D eigenvalue weighted by molar-refractivity contribution is 6.43. The number of phenolic OH excluding ortho intramolecular Hbond substituents is 1. The van der Waals surface area contributed by atoms with Crippen molar-refractivity contribution in [2.75, 3.05) is 26.2 Å². The lowest BCUT2D eigenvalue weighted by Crippen LogP contribution is -2.49. The quantitative estimate of drug-likeness (QED) is 0.784. The fraction of sp³-hybridized carbons (Fsp3) is 0.500. The van der Waals surface area contributed by atoms with E-state index in [1.54, 1.807) is 0 Å². The summed E-state index contributed by atoms with van der Waals surface area (Å²) in [5.74, 6) is -0.611. The summed E-state index contributed by atoms with van der Waals surface area (Å²) in [5, 5.41) is 12.6. The Bertz CT molecular complexity index is 496. The Balaban J connectivity index is 0.00000220. The fourth-order valence-electron chi connectivity index (χ4n) is 2.30. The Morgan fingerprint density at radius 2 is 1.68 bits per heavy atom. The minimum Gasteiger partial charge on any atom is -0.506 e. The van der Waals surface area contributed by atoms with Gasteiger partial charge in [0.2, 0.25) is 0 Å². The van der Waals surface area contributed by atoms with E-state index in [1.165, 1.54) is 17.0 Å². The number of halogens is 7. The molecule has 0 bridgehead atoms. The third kappa shape index (κ3) is 4.69. The first-order valence-corrected chi connectivity index (χ1v) is 6.76. The van der Waals surface area contributed by atoms with Gasteiger partial charge in [0.25, 0.3) is 0 Å². The van der Waals surface area contributed by atoms with Gasteiger partial charge in [0.15, 0.2) is 0 Å². The Kier molecular flexibility index (Phi) is 8.62. The molecule has 3 nitrogen and oxygen atoms in total. The highest BCUT2D eigenvalue weighted by atomic mass is 35.5. The number of aromatic hydroxyl groups is 1. The Morgan fingerprint density at radius 1 is 1.14 bits per heavy atom. The number of piperazine rings is 1. The number of nitrogens with zero attached hydrogens (tertiary/aromatic N) is 1. The van der Waals surface area contributed by atoms with Gasteiger partial charge in [-0.3, -0.25) is 4.90 Å². The van der Waals surface area contributed by atoms with E-state index in [0.29, 0.717) is 13.1 Å². The molecule has 0 saturated carbocycles. The van der Waals surface area contributed by atoms with E-state index < -0.39 is 18.0 Å². The molecule has 0 aromatic heterocycles. The van der Waals surface area contributed by atoms with Crippen LogP contribution in [0, 0.1) is 0 Å². The zero-order valence-electron chi connectivity index (χ0n) is 11.2. The van der Waals surface area contributed by atoms with E-state index in [1.807, 2.05) is 0 Å². The van der Waals surface area contributed by atoms with Crippen LogP contribution in [0.1, 0.15) is 11.6 Å². The average molecular weight is 402 g/mol. The molecule has 128 valence electrons. The lowest BCUT2D eigenvalue weighted by Gasteiger charge is -2.36. The minimum absolute atomic E-state index is 0. The molecule has 1 aliphatic rings. The van der Waals surface area contributed by atoms with E-state index in [0.717, 1.165) is 0 Å². The predicted molar refractivity (Wildman–Crippen MR) is 85.9 cm³/mol. The number of nitrogens with one attached hydrogen (secondary N) is 1. The van der Waals surface area contributed by atoms with E-state index in [4.69, 9.17) is 23.2 Å². The Morgan fingerprint density at radius 3 is 2.18 bits per heavy atom. The van der Waals surface area contributed by atoms with Gasteiger partial charge in [-0.1, -0.05) is 29.3 Å². The van der Waals surface area contributed by atoms with E-state index in [9.17, 15) is 18.3 Å². The molecule has 1 atom stereocenters.